The van der Waals surface area contributed by atoms with Crippen LogP contribution in [-0.2, 0) is 20.0 Å². The molecular formula is C15H26N4. The van der Waals surface area contributed by atoms with Gasteiger partial charge in [0.05, 0.1) is 5.69 Å². The molecular weight excluding hydrogens is 236 g/mol. The van der Waals surface area contributed by atoms with E-state index in [1.807, 2.05) is 11.7 Å². The Balaban J connectivity index is 1.60. The summed E-state index contributed by atoms with van der Waals surface area (Å²) in [5, 5.41) is 8.31. The first-order chi connectivity index (χ1) is 9.28. The summed E-state index contributed by atoms with van der Waals surface area (Å²) in [4.78, 5) is 2.69. The molecule has 2 saturated heterocycles. The van der Waals surface area contributed by atoms with Gasteiger partial charge >= 0.3 is 0 Å². The molecule has 0 saturated carbocycles. The van der Waals surface area contributed by atoms with E-state index in [0.29, 0.717) is 6.04 Å². The van der Waals surface area contributed by atoms with Crippen LogP contribution < -0.4 is 5.32 Å². The number of hydrogen-bond acceptors (Lipinski definition) is 3. The Bertz CT molecular complexity index is 426. The maximum Gasteiger partial charge on any atom is 0.0666 e. The van der Waals surface area contributed by atoms with E-state index in [9.17, 15) is 0 Å². The highest BCUT2D eigenvalue weighted by atomic mass is 15.3. The van der Waals surface area contributed by atoms with E-state index in [-0.39, 0.29) is 0 Å². The second-order valence-corrected chi connectivity index (χ2v) is 6.00. The van der Waals surface area contributed by atoms with Crippen LogP contribution in [0.2, 0.25) is 0 Å². The predicted octanol–water partition coefficient (Wildman–Crippen LogP) is 1.70. The van der Waals surface area contributed by atoms with E-state index in [4.69, 9.17) is 0 Å². The fourth-order valence-electron chi connectivity index (χ4n) is 3.76. The Hall–Kier alpha value is -0.870. The standard InChI is InChI=1S/C15H26N4/c1-3-13-12(11-18(2)17-13)10-16-14-7-9-19-8-5-4-6-15(14)19/h11,14-16H,3-10H2,1-2H3. The van der Waals surface area contributed by atoms with Crippen molar-refractivity contribution in [2.75, 3.05) is 13.1 Å². The smallest absolute Gasteiger partial charge is 0.0666 e. The lowest BCUT2D eigenvalue weighted by atomic mass is 9.99. The summed E-state index contributed by atoms with van der Waals surface area (Å²) in [5.41, 5.74) is 2.62. The number of piperidine rings is 1. The van der Waals surface area contributed by atoms with Crippen molar-refractivity contribution in [3.8, 4) is 0 Å². The van der Waals surface area contributed by atoms with Gasteiger partial charge in [-0.1, -0.05) is 13.3 Å². The Labute approximate surface area is 116 Å². The van der Waals surface area contributed by atoms with E-state index >= 15 is 0 Å². The van der Waals surface area contributed by atoms with Gasteiger partial charge in [-0.25, -0.2) is 0 Å². The van der Waals surface area contributed by atoms with Gasteiger partial charge < -0.3 is 5.32 Å². The van der Waals surface area contributed by atoms with Crippen molar-refractivity contribution in [1.82, 2.24) is 20.0 Å². The van der Waals surface area contributed by atoms with Gasteiger partial charge in [0.1, 0.15) is 0 Å². The van der Waals surface area contributed by atoms with Crippen LogP contribution in [-0.4, -0.2) is 39.9 Å². The second kappa shape index (κ2) is 5.63. The Morgan fingerprint density at radius 1 is 1.32 bits per heavy atom. The van der Waals surface area contributed by atoms with Gasteiger partial charge in [0.15, 0.2) is 0 Å². The van der Waals surface area contributed by atoms with Gasteiger partial charge in [0, 0.05) is 44.0 Å². The lowest BCUT2D eigenvalue weighted by Gasteiger charge is -2.32. The molecule has 4 heteroatoms. The van der Waals surface area contributed by atoms with Crippen LogP contribution in [0, 0.1) is 0 Å². The normalized spacial score (nSPS) is 27.7. The molecule has 0 aliphatic carbocycles. The summed E-state index contributed by atoms with van der Waals surface area (Å²) in [6.07, 6.45) is 8.69. The van der Waals surface area contributed by atoms with Crippen molar-refractivity contribution in [3.05, 3.63) is 17.5 Å². The fraction of sp³-hybridized carbons (Fsp3) is 0.800. The van der Waals surface area contributed by atoms with Crippen molar-refractivity contribution in [2.24, 2.45) is 7.05 Å². The topological polar surface area (TPSA) is 33.1 Å². The molecule has 1 aromatic rings. The Morgan fingerprint density at radius 3 is 3.05 bits per heavy atom. The first-order valence-corrected chi connectivity index (χ1v) is 7.76. The summed E-state index contributed by atoms with van der Waals surface area (Å²) in [7, 11) is 2.01. The molecule has 1 aromatic heterocycles. The van der Waals surface area contributed by atoms with Gasteiger partial charge in [-0.3, -0.25) is 9.58 Å². The average Bonchev–Trinajstić information content (AvgIpc) is 2.99. The molecule has 2 fully saturated rings. The fourth-order valence-corrected chi connectivity index (χ4v) is 3.76. The second-order valence-electron chi connectivity index (χ2n) is 6.00. The maximum atomic E-state index is 4.52. The minimum atomic E-state index is 0.685. The number of nitrogens with zero attached hydrogens (tertiary/aromatic N) is 3. The molecule has 3 rings (SSSR count). The zero-order chi connectivity index (χ0) is 13.2. The number of aryl methyl sites for hydroxylation is 2. The molecule has 0 bridgehead atoms. The Morgan fingerprint density at radius 2 is 2.21 bits per heavy atom. The van der Waals surface area contributed by atoms with Gasteiger partial charge in [-0.2, -0.15) is 5.10 Å². The van der Waals surface area contributed by atoms with E-state index in [1.165, 1.54) is 50.0 Å². The summed E-state index contributed by atoms with van der Waals surface area (Å²) in [6.45, 7) is 5.77. The van der Waals surface area contributed by atoms with Crippen molar-refractivity contribution in [1.29, 1.82) is 0 Å². The molecule has 0 amide bonds. The SMILES string of the molecule is CCc1nn(C)cc1CNC1CCN2CCCCC12. The molecule has 4 nitrogen and oxygen atoms in total. The number of fused-ring (bicyclic) bond motifs is 1. The van der Waals surface area contributed by atoms with Gasteiger partial charge in [-0.05, 0) is 32.2 Å². The largest absolute Gasteiger partial charge is 0.308 e. The molecule has 0 spiro atoms. The third-order valence-corrected chi connectivity index (χ3v) is 4.74. The molecule has 1 N–H and O–H groups in total. The van der Waals surface area contributed by atoms with E-state index < -0.39 is 0 Å². The monoisotopic (exact) mass is 262 g/mol. The van der Waals surface area contributed by atoms with Crippen LogP contribution in [0.5, 0.6) is 0 Å². The molecule has 2 aliphatic rings. The zero-order valence-electron chi connectivity index (χ0n) is 12.2. The maximum absolute atomic E-state index is 4.52. The number of hydrogen-bond donors (Lipinski definition) is 1. The first-order valence-electron chi connectivity index (χ1n) is 7.76. The molecule has 2 aliphatic heterocycles. The van der Waals surface area contributed by atoms with Crippen LogP contribution in [0.25, 0.3) is 0 Å². The van der Waals surface area contributed by atoms with Crippen molar-refractivity contribution in [2.45, 2.75) is 57.7 Å². The van der Waals surface area contributed by atoms with Crippen LogP contribution in [0.1, 0.15) is 43.9 Å². The number of aromatic nitrogens is 2. The molecule has 2 atom stereocenters. The summed E-state index contributed by atoms with van der Waals surface area (Å²) >= 11 is 0. The minimum absolute atomic E-state index is 0.685. The van der Waals surface area contributed by atoms with Gasteiger partial charge in [0.2, 0.25) is 0 Å². The van der Waals surface area contributed by atoms with Gasteiger partial charge in [0.25, 0.3) is 0 Å². The van der Waals surface area contributed by atoms with E-state index in [2.05, 4.69) is 28.4 Å². The lowest BCUT2D eigenvalue weighted by Crippen LogP contribution is -2.44. The Kier molecular flexibility index (Phi) is 3.89. The first kappa shape index (κ1) is 13.1. The zero-order valence-corrected chi connectivity index (χ0v) is 12.2. The summed E-state index contributed by atoms with van der Waals surface area (Å²) in [6, 6.07) is 1.47. The molecule has 106 valence electrons. The third-order valence-electron chi connectivity index (χ3n) is 4.74. The molecule has 0 radical (unpaired) electrons. The van der Waals surface area contributed by atoms with Crippen LogP contribution in [0.4, 0.5) is 0 Å². The highest BCUT2D eigenvalue weighted by Gasteiger charge is 2.34. The van der Waals surface area contributed by atoms with Crippen molar-refractivity contribution in [3.63, 3.8) is 0 Å². The minimum Gasteiger partial charge on any atom is -0.308 e. The van der Waals surface area contributed by atoms with Crippen LogP contribution in [0.3, 0.4) is 0 Å². The molecule has 3 heterocycles. The van der Waals surface area contributed by atoms with E-state index in [1.54, 1.807) is 0 Å². The highest BCUT2D eigenvalue weighted by molar-refractivity contribution is 5.17. The van der Waals surface area contributed by atoms with Crippen LogP contribution in [0.15, 0.2) is 6.20 Å². The van der Waals surface area contributed by atoms with Crippen molar-refractivity contribution < 1.29 is 0 Å². The van der Waals surface area contributed by atoms with Crippen LogP contribution >= 0.6 is 0 Å². The highest BCUT2D eigenvalue weighted by Crippen LogP contribution is 2.27. The lowest BCUT2D eigenvalue weighted by molar-refractivity contribution is 0.180. The molecule has 0 aromatic carbocycles. The quantitative estimate of drug-likeness (QED) is 0.896. The molecule has 2 unspecified atom stereocenters. The molecule has 19 heavy (non-hydrogen) atoms. The predicted molar refractivity (Wildman–Crippen MR) is 77.0 cm³/mol. The summed E-state index contributed by atoms with van der Waals surface area (Å²) in [5.74, 6) is 0. The van der Waals surface area contributed by atoms with E-state index in [0.717, 1.165) is 19.0 Å². The van der Waals surface area contributed by atoms with Gasteiger partial charge in [-0.15, -0.1) is 0 Å². The summed E-state index contributed by atoms with van der Waals surface area (Å²) < 4.78 is 1.94. The van der Waals surface area contributed by atoms with Crippen molar-refractivity contribution >= 4 is 0 Å². The third kappa shape index (κ3) is 2.70. The number of nitrogens with one attached hydrogen (secondary N) is 1. The number of rotatable bonds is 4. The average molecular weight is 262 g/mol.